The first-order chi connectivity index (χ1) is 11.0. The molecule has 0 aliphatic rings. The fourth-order valence-electron chi connectivity index (χ4n) is 2.16. The average molecular weight is 352 g/mol. The monoisotopic (exact) mass is 351 g/mol. The van der Waals surface area contributed by atoms with Crippen LogP contribution in [-0.2, 0) is 16.0 Å². The minimum absolute atomic E-state index is 0.121. The predicted octanol–water partition coefficient (Wildman–Crippen LogP) is 4.27. The minimum atomic E-state index is -1.00. The molecule has 6 heteroatoms. The highest BCUT2D eigenvalue weighted by atomic mass is 35.5. The van der Waals surface area contributed by atoms with Crippen LogP contribution in [0.25, 0.3) is 0 Å². The third-order valence-corrected chi connectivity index (χ3v) is 4.05. The molecular weight excluding hydrogens is 337 g/mol. The number of aliphatic carboxylic acids is 1. The molecule has 0 heterocycles. The Balaban J connectivity index is 2.00. The van der Waals surface area contributed by atoms with Crippen LogP contribution in [0.5, 0.6) is 0 Å². The van der Waals surface area contributed by atoms with E-state index in [1.54, 1.807) is 12.1 Å². The van der Waals surface area contributed by atoms with Crippen molar-refractivity contribution in [2.45, 2.75) is 12.8 Å². The number of halogens is 2. The number of carbonyl (C=O) groups excluding carboxylic acids is 1. The number of amides is 1. The molecule has 2 rings (SSSR count). The molecule has 0 aromatic heterocycles. The lowest BCUT2D eigenvalue weighted by Gasteiger charge is -2.13. The second kappa shape index (κ2) is 7.99. The van der Waals surface area contributed by atoms with Crippen molar-refractivity contribution in [2.24, 2.45) is 5.92 Å². The van der Waals surface area contributed by atoms with Crippen molar-refractivity contribution in [1.82, 2.24) is 0 Å². The Morgan fingerprint density at radius 1 is 1.04 bits per heavy atom. The molecule has 1 atom stereocenters. The molecule has 23 heavy (non-hydrogen) atoms. The maximum atomic E-state index is 12.1. The predicted molar refractivity (Wildman–Crippen MR) is 91.0 cm³/mol. The summed E-state index contributed by atoms with van der Waals surface area (Å²) < 4.78 is 0. The third kappa shape index (κ3) is 5.27. The van der Waals surface area contributed by atoms with Crippen LogP contribution in [-0.4, -0.2) is 17.0 Å². The molecule has 0 bridgehead atoms. The van der Waals surface area contributed by atoms with Crippen LogP contribution >= 0.6 is 23.2 Å². The van der Waals surface area contributed by atoms with Gasteiger partial charge in [-0.3, -0.25) is 9.59 Å². The average Bonchev–Trinajstić information content (AvgIpc) is 2.51. The van der Waals surface area contributed by atoms with E-state index in [0.717, 1.165) is 5.56 Å². The van der Waals surface area contributed by atoms with E-state index in [2.05, 4.69) is 5.32 Å². The van der Waals surface area contributed by atoms with Crippen LogP contribution in [0.2, 0.25) is 10.0 Å². The largest absolute Gasteiger partial charge is 0.481 e. The van der Waals surface area contributed by atoms with E-state index in [1.807, 2.05) is 30.3 Å². The Morgan fingerprint density at radius 2 is 1.74 bits per heavy atom. The van der Waals surface area contributed by atoms with E-state index in [4.69, 9.17) is 23.2 Å². The smallest absolute Gasteiger partial charge is 0.307 e. The van der Waals surface area contributed by atoms with Gasteiger partial charge in [-0.15, -0.1) is 0 Å². The van der Waals surface area contributed by atoms with E-state index >= 15 is 0 Å². The molecular formula is C17H15Cl2NO3. The molecule has 4 nitrogen and oxygen atoms in total. The minimum Gasteiger partial charge on any atom is -0.481 e. The van der Waals surface area contributed by atoms with Crippen molar-refractivity contribution >= 4 is 40.8 Å². The van der Waals surface area contributed by atoms with Crippen molar-refractivity contribution in [3.8, 4) is 0 Å². The van der Waals surface area contributed by atoms with Crippen molar-refractivity contribution < 1.29 is 14.7 Å². The Kier molecular flexibility index (Phi) is 6.02. The number of nitrogens with one attached hydrogen (secondary N) is 1. The number of anilines is 1. The molecule has 2 aromatic carbocycles. The van der Waals surface area contributed by atoms with Gasteiger partial charge in [-0.1, -0.05) is 53.5 Å². The summed E-state index contributed by atoms with van der Waals surface area (Å²) in [7, 11) is 0. The van der Waals surface area contributed by atoms with E-state index in [0.29, 0.717) is 22.2 Å². The highest BCUT2D eigenvalue weighted by molar-refractivity contribution is 6.42. The summed E-state index contributed by atoms with van der Waals surface area (Å²) in [5.41, 5.74) is 1.36. The van der Waals surface area contributed by atoms with Crippen LogP contribution in [0, 0.1) is 5.92 Å². The zero-order valence-electron chi connectivity index (χ0n) is 12.1. The van der Waals surface area contributed by atoms with Gasteiger partial charge < -0.3 is 10.4 Å². The molecule has 2 aromatic rings. The summed E-state index contributed by atoms with van der Waals surface area (Å²) in [6, 6.07) is 13.9. The lowest BCUT2D eigenvalue weighted by atomic mass is 9.96. The fourth-order valence-corrected chi connectivity index (χ4v) is 2.45. The third-order valence-electron chi connectivity index (χ3n) is 3.31. The number of hydrogen-bond acceptors (Lipinski definition) is 2. The van der Waals surface area contributed by atoms with E-state index < -0.39 is 11.9 Å². The van der Waals surface area contributed by atoms with Gasteiger partial charge in [0.05, 0.1) is 16.0 Å². The van der Waals surface area contributed by atoms with Gasteiger partial charge in [0.25, 0.3) is 0 Å². The van der Waals surface area contributed by atoms with Crippen molar-refractivity contribution in [3.63, 3.8) is 0 Å². The molecule has 1 amide bonds. The van der Waals surface area contributed by atoms with Gasteiger partial charge in [0.15, 0.2) is 0 Å². The van der Waals surface area contributed by atoms with Gasteiger partial charge in [0.1, 0.15) is 0 Å². The molecule has 0 saturated carbocycles. The van der Waals surface area contributed by atoms with Crippen LogP contribution < -0.4 is 5.32 Å². The summed E-state index contributed by atoms with van der Waals surface area (Å²) >= 11 is 11.7. The van der Waals surface area contributed by atoms with Gasteiger partial charge in [-0.2, -0.15) is 0 Å². The maximum absolute atomic E-state index is 12.1. The van der Waals surface area contributed by atoms with Gasteiger partial charge >= 0.3 is 5.97 Å². The van der Waals surface area contributed by atoms with E-state index in [-0.39, 0.29) is 12.3 Å². The first-order valence-corrected chi connectivity index (χ1v) is 7.73. The number of carbonyl (C=O) groups is 2. The second-order valence-electron chi connectivity index (χ2n) is 5.11. The molecule has 0 unspecified atom stereocenters. The zero-order chi connectivity index (χ0) is 16.8. The first kappa shape index (κ1) is 17.3. The van der Waals surface area contributed by atoms with E-state index in [9.17, 15) is 14.7 Å². The number of carboxylic acids is 1. The molecule has 0 spiro atoms. The van der Waals surface area contributed by atoms with E-state index in [1.165, 1.54) is 6.07 Å². The zero-order valence-corrected chi connectivity index (χ0v) is 13.6. The van der Waals surface area contributed by atoms with Crippen LogP contribution in [0.3, 0.4) is 0 Å². The van der Waals surface area contributed by atoms with Crippen molar-refractivity contribution in [1.29, 1.82) is 0 Å². The molecule has 0 radical (unpaired) electrons. The number of rotatable bonds is 6. The molecule has 0 aliphatic heterocycles. The Hall–Kier alpha value is -2.04. The molecule has 0 aliphatic carbocycles. The van der Waals surface area contributed by atoms with Crippen molar-refractivity contribution in [3.05, 3.63) is 64.1 Å². The number of benzene rings is 2. The van der Waals surface area contributed by atoms with Crippen LogP contribution in [0.4, 0.5) is 5.69 Å². The second-order valence-corrected chi connectivity index (χ2v) is 5.92. The quantitative estimate of drug-likeness (QED) is 0.816. The first-order valence-electron chi connectivity index (χ1n) is 6.97. The Labute approximate surface area is 144 Å². The summed E-state index contributed by atoms with van der Waals surface area (Å²) in [5, 5.41) is 12.7. The maximum Gasteiger partial charge on any atom is 0.307 e. The lowest BCUT2D eigenvalue weighted by Crippen LogP contribution is -2.24. The molecule has 0 fully saturated rings. The fraction of sp³-hybridized carbons (Fsp3) is 0.176. The van der Waals surface area contributed by atoms with Gasteiger partial charge in [0.2, 0.25) is 5.91 Å². The van der Waals surface area contributed by atoms with Gasteiger partial charge in [-0.05, 0) is 30.2 Å². The summed E-state index contributed by atoms with van der Waals surface area (Å²) in [6.07, 6.45) is 0.176. The molecule has 0 saturated heterocycles. The highest BCUT2D eigenvalue weighted by Gasteiger charge is 2.21. The highest BCUT2D eigenvalue weighted by Crippen LogP contribution is 2.25. The molecule has 120 valence electrons. The molecule has 2 N–H and O–H groups in total. The van der Waals surface area contributed by atoms with Crippen molar-refractivity contribution in [2.75, 3.05) is 5.32 Å². The summed E-state index contributed by atoms with van der Waals surface area (Å²) in [4.78, 5) is 23.4. The lowest BCUT2D eigenvalue weighted by molar-refractivity contribution is -0.143. The van der Waals surface area contributed by atoms with Gasteiger partial charge in [0, 0.05) is 12.1 Å². The topological polar surface area (TPSA) is 66.4 Å². The summed E-state index contributed by atoms with van der Waals surface area (Å²) in [6.45, 7) is 0. The standard InChI is InChI=1S/C17H15Cl2NO3/c18-14-7-6-13(10-15(14)19)20-16(21)9-12(17(22)23)8-11-4-2-1-3-5-11/h1-7,10,12H,8-9H2,(H,20,21)(H,22,23)/t12-/m1/s1. The van der Waals surface area contributed by atoms with Crippen LogP contribution in [0.1, 0.15) is 12.0 Å². The normalized spacial score (nSPS) is 11.7. The van der Waals surface area contributed by atoms with Crippen LogP contribution in [0.15, 0.2) is 48.5 Å². The van der Waals surface area contributed by atoms with Gasteiger partial charge in [-0.25, -0.2) is 0 Å². The number of carboxylic acid groups (broad SMARTS) is 1. The summed E-state index contributed by atoms with van der Waals surface area (Å²) in [5.74, 6) is -2.18. The number of hydrogen-bond donors (Lipinski definition) is 2. The SMILES string of the molecule is O=C(C[C@@H](Cc1ccccc1)C(=O)O)Nc1ccc(Cl)c(Cl)c1. The Morgan fingerprint density at radius 3 is 2.35 bits per heavy atom. The Bertz CT molecular complexity index is 704.